The highest BCUT2D eigenvalue weighted by Crippen LogP contribution is 2.30. The van der Waals surface area contributed by atoms with E-state index in [1.807, 2.05) is 13.8 Å². The zero-order chi connectivity index (χ0) is 13.0. The first kappa shape index (κ1) is 13.4. The largest absolute Gasteiger partial charge is 0.381 e. The van der Waals surface area contributed by atoms with Gasteiger partial charge in [-0.25, -0.2) is 0 Å². The van der Waals surface area contributed by atoms with Crippen molar-refractivity contribution in [3.05, 3.63) is 23.0 Å². The molecule has 0 amide bonds. The van der Waals surface area contributed by atoms with Crippen LogP contribution in [-0.2, 0) is 4.74 Å². The van der Waals surface area contributed by atoms with E-state index in [0.717, 1.165) is 37.6 Å². The van der Waals surface area contributed by atoms with E-state index in [1.54, 1.807) is 0 Å². The second-order valence-electron chi connectivity index (χ2n) is 5.04. The Labute approximate surface area is 109 Å². The van der Waals surface area contributed by atoms with Gasteiger partial charge in [0.25, 0.3) is 0 Å². The molecule has 0 aliphatic carbocycles. The molecule has 4 nitrogen and oxygen atoms in total. The number of hydrogen-bond acceptors (Lipinski definition) is 4. The Balaban J connectivity index is 2.24. The minimum absolute atomic E-state index is 0.338. The first-order valence-electron chi connectivity index (χ1n) is 6.84. The van der Waals surface area contributed by atoms with Gasteiger partial charge in [0.2, 0.25) is 0 Å². The number of hydrogen-bond donors (Lipinski definition) is 1. The fourth-order valence-electron chi connectivity index (χ4n) is 2.66. The average Bonchev–Trinajstić information content (AvgIpc) is 2.40. The maximum atomic E-state index is 5.62. The van der Waals surface area contributed by atoms with E-state index >= 15 is 0 Å². The number of nitrogens with one attached hydrogen (secondary N) is 1. The maximum Gasteiger partial charge on any atom is 0.0648 e. The number of nitrogens with zero attached hydrogens (tertiary/aromatic N) is 2. The summed E-state index contributed by atoms with van der Waals surface area (Å²) in [5.74, 6) is 0.543. The Morgan fingerprint density at radius 1 is 1.44 bits per heavy atom. The van der Waals surface area contributed by atoms with Gasteiger partial charge >= 0.3 is 0 Å². The van der Waals surface area contributed by atoms with E-state index < -0.39 is 0 Å². The molecule has 4 heteroatoms. The molecule has 0 saturated carbocycles. The standard InChI is InChI=1S/C14H23N3O/c1-4-15-14(12-6-5-7-18-9-12)13-8-10(2)16-17-11(13)3/h8,12,14-15H,4-7,9H2,1-3H3. The van der Waals surface area contributed by atoms with Gasteiger partial charge in [-0.2, -0.15) is 10.2 Å². The molecule has 0 spiro atoms. The highest BCUT2D eigenvalue weighted by molar-refractivity contribution is 5.24. The van der Waals surface area contributed by atoms with Crippen LogP contribution in [0.4, 0.5) is 0 Å². The van der Waals surface area contributed by atoms with Crippen LogP contribution in [0.1, 0.15) is 42.8 Å². The summed E-state index contributed by atoms with van der Waals surface area (Å²) in [7, 11) is 0. The van der Waals surface area contributed by atoms with Crippen LogP contribution in [0.5, 0.6) is 0 Å². The van der Waals surface area contributed by atoms with E-state index in [-0.39, 0.29) is 0 Å². The topological polar surface area (TPSA) is 47.0 Å². The van der Waals surface area contributed by atoms with Crippen molar-refractivity contribution in [3.63, 3.8) is 0 Å². The Hall–Kier alpha value is -1.00. The summed E-state index contributed by atoms with van der Waals surface area (Å²) in [5, 5.41) is 12.0. The third kappa shape index (κ3) is 3.06. The summed E-state index contributed by atoms with van der Waals surface area (Å²) >= 11 is 0. The monoisotopic (exact) mass is 249 g/mol. The summed E-state index contributed by atoms with van der Waals surface area (Å²) in [6, 6.07) is 2.49. The number of aromatic nitrogens is 2. The van der Waals surface area contributed by atoms with Crippen LogP contribution in [0, 0.1) is 19.8 Å². The lowest BCUT2D eigenvalue weighted by Crippen LogP contribution is -2.34. The van der Waals surface area contributed by atoms with E-state index in [1.165, 1.54) is 12.0 Å². The molecule has 18 heavy (non-hydrogen) atoms. The predicted octanol–water partition coefficient (Wildman–Crippen LogP) is 2.17. The van der Waals surface area contributed by atoms with Crippen LogP contribution in [-0.4, -0.2) is 30.0 Å². The molecular formula is C14H23N3O. The van der Waals surface area contributed by atoms with Crippen molar-refractivity contribution >= 4 is 0 Å². The Bertz CT molecular complexity index is 389. The second-order valence-corrected chi connectivity index (χ2v) is 5.04. The van der Waals surface area contributed by atoms with Crippen molar-refractivity contribution < 1.29 is 4.74 Å². The molecule has 0 bridgehead atoms. The third-order valence-corrected chi connectivity index (χ3v) is 3.57. The summed E-state index contributed by atoms with van der Waals surface area (Å²) in [6.07, 6.45) is 2.38. The molecular weight excluding hydrogens is 226 g/mol. The number of rotatable bonds is 4. The van der Waals surface area contributed by atoms with Gasteiger partial charge in [-0.05, 0) is 44.9 Å². The predicted molar refractivity (Wildman–Crippen MR) is 71.5 cm³/mol. The van der Waals surface area contributed by atoms with E-state index in [4.69, 9.17) is 4.74 Å². The van der Waals surface area contributed by atoms with Crippen LogP contribution in [0.2, 0.25) is 0 Å². The van der Waals surface area contributed by atoms with Crippen molar-refractivity contribution in [2.45, 2.75) is 39.7 Å². The lowest BCUT2D eigenvalue weighted by atomic mass is 9.88. The van der Waals surface area contributed by atoms with Crippen LogP contribution in [0.15, 0.2) is 6.07 Å². The van der Waals surface area contributed by atoms with Gasteiger partial charge in [0.1, 0.15) is 0 Å². The Kier molecular flexibility index (Phi) is 4.66. The average molecular weight is 249 g/mol. The molecule has 1 aromatic rings. The molecule has 1 aliphatic heterocycles. The van der Waals surface area contributed by atoms with Gasteiger partial charge in [0.05, 0.1) is 18.0 Å². The smallest absolute Gasteiger partial charge is 0.0648 e. The van der Waals surface area contributed by atoms with Gasteiger partial charge in [-0.1, -0.05) is 6.92 Å². The molecule has 1 aliphatic rings. The Morgan fingerprint density at radius 3 is 2.94 bits per heavy atom. The molecule has 2 rings (SSSR count). The first-order chi connectivity index (χ1) is 8.72. The minimum atomic E-state index is 0.338. The SMILES string of the molecule is CCNC(c1cc(C)nnc1C)C1CCCOC1. The highest BCUT2D eigenvalue weighted by Gasteiger charge is 2.26. The lowest BCUT2D eigenvalue weighted by molar-refractivity contribution is 0.0391. The van der Waals surface area contributed by atoms with Crippen molar-refractivity contribution in [2.75, 3.05) is 19.8 Å². The van der Waals surface area contributed by atoms with Crippen molar-refractivity contribution in [3.8, 4) is 0 Å². The van der Waals surface area contributed by atoms with E-state index in [0.29, 0.717) is 12.0 Å². The quantitative estimate of drug-likeness (QED) is 0.888. The first-order valence-corrected chi connectivity index (χ1v) is 6.84. The number of aryl methyl sites for hydroxylation is 2. The summed E-state index contributed by atoms with van der Waals surface area (Å²) in [4.78, 5) is 0. The van der Waals surface area contributed by atoms with Gasteiger partial charge in [-0.3, -0.25) is 0 Å². The molecule has 2 heterocycles. The maximum absolute atomic E-state index is 5.62. The normalized spacial score (nSPS) is 21.8. The van der Waals surface area contributed by atoms with Crippen LogP contribution >= 0.6 is 0 Å². The molecule has 1 fully saturated rings. The molecule has 0 radical (unpaired) electrons. The van der Waals surface area contributed by atoms with Crippen LogP contribution < -0.4 is 5.32 Å². The van der Waals surface area contributed by atoms with Gasteiger partial charge < -0.3 is 10.1 Å². The second kappa shape index (κ2) is 6.25. The summed E-state index contributed by atoms with van der Waals surface area (Å²) < 4.78 is 5.62. The molecule has 1 N–H and O–H groups in total. The molecule has 2 unspecified atom stereocenters. The zero-order valence-corrected chi connectivity index (χ0v) is 11.6. The fourth-order valence-corrected chi connectivity index (χ4v) is 2.66. The summed E-state index contributed by atoms with van der Waals surface area (Å²) in [6.45, 7) is 8.89. The molecule has 2 atom stereocenters. The summed E-state index contributed by atoms with van der Waals surface area (Å²) in [5.41, 5.74) is 3.28. The molecule has 1 aromatic heterocycles. The molecule has 0 aromatic carbocycles. The highest BCUT2D eigenvalue weighted by atomic mass is 16.5. The van der Waals surface area contributed by atoms with Crippen molar-refractivity contribution in [2.24, 2.45) is 5.92 Å². The fraction of sp³-hybridized carbons (Fsp3) is 0.714. The lowest BCUT2D eigenvalue weighted by Gasteiger charge is -2.31. The van der Waals surface area contributed by atoms with E-state index in [2.05, 4.69) is 28.5 Å². The van der Waals surface area contributed by atoms with Crippen LogP contribution in [0.3, 0.4) is 0 Å². The van der Waals surface area contributed by atoms with E-state index in [9.17, 15) is 0 Å². The Morgan fingerprint density at radius 2 is 2.28 bits per heavy atom. The van der Waals surface area contributed by atoms with Crippen LogP contribution in [0.25, 0.3) is 0 Å². The molecule has 100 valence electrons. The zero-order valence-electron chi connectivity index (χ0n) is 11.6. The van der Waals surface area contributed by atoms with Crippen molar-refractivity contribution in [1.82, 2.24) is 15.5 Å². The van der Waals surface area contributed by atoms with Crippen molar-refractivity contribution in [1.29, 1.82) is 0 Å². The van der Waals surface area contributed by atoms with Gasteiger partial charge in [0, 0.05) is 18.6 Å². The molecule has 1 saturated heterocycles. The van der Waals surface area contributed by atoms with Gasteiger partial charge in [-0.15, -0.1) is 0 Å². The third-order valence-electron chi connectivity index (χ3n) is 3.57. The van der Waals surface area contributed by atoms with Gasteiger partial charge in [0.15, 0.2) is 0 Å². The minimum Gasteiger partial charge on any atom is -0.381 e. The number of ether oxygens (including phenoxy) is 1.